The second kappa shape index (κ2) is 6.54. The van der Waals surface area contributed by atoms with Gasteiger partial charge in [0.05, 0.1) is 4.87 Å². The first kappa shape index (κ1) is 12.0. The minimum Gasteiger partial charge on any atom is -0.115 e. The first-order chi connectivity index (χ1) is 5.62. The Morgan fingerprint density at radius 1 is 1.25 bits per heavy atom. The fourth-order valence-electron chi connectivity index (χ4n) is 1.18. The summed E-state index contributed by atoms with van der Waals surface area (Å²) < 4.78 is 0. The van der Waals surface area contributed by atoms with Crippen molar-refractivity contribution in [2.75, 3.05) is 0 Å². The average Bonchev–Trinajstić information content (AvgIpc) is 2.04. The Labute approximate surface area is 82.0 Å². The number of unbranched alkanes of at least 4 members (excludes halogenated alkanes) is 4. The topological polar surface area (TPSA) is 0 Å². The van der Waals surface area contributed by atoms with Gasteiger partial charge in [0, 0.05) is 0 Å². The van der Waals surface area contributed by atoms with E-state index in [1.54, 1.807) is 0 Å². The van der Waals surface area contributed by atoms with E-state index < -0.39 is 0 Å². The van der Waals surface area contributed by atoms with Gasteiger partial charge in [-0.1, -0.05) is 45.1 Å². The van der Waals surface area contributed by atoms with Gasteiger partial charge in [-0.3, -0.25) is 0 Å². The minimum atomic E-state index is -0.174. The van der Waals surface area contributed by atoms with Crippen LogP contribution in [0.15, 0.2) is 12.7 Å². The first-order valence-electron chi connectivity index (χ1n) is 4.95. The van der Waals surface area contributed by atoms with Gasteiger partial charge in [0.2, 0.25) is 0 Å². The summed E-state index contributed by atoms with van der Waals surface area (Å²) in [5, 5.41) is 0. The van der Waals surface area contributed by atoms with Gasteiger partial charge in [-0.05, 0) is 13.3 Å². The molecule has 0 spiro atoms. The fraction of sp³-hybridized carbons (Fsp3) is 0.818. The van der Waals surface area contributed by atoms with Crippen LogP contribution in [0.2, 0.25) is 0 Å². The molecule has 0 radical (unpaired) electrons. The zero-order valence-electron chi connectivity index (χ0n) is 8.41. The van der Waals surface area contributed by atoms with E-state index in [2.05, 4.69) is 13.5 Å². The van der Waals surface area contributed by atoms with Crippen LogP contribution in [-0.2, 0) is 0 Å². The van der Waals surface area contributed by atoms with E-state index in [0.717, 1.165) is 6.42 Å². The third-order valence-corrected chi connectivity index (χ3v) is 2.54. The van der Waals surface area contributed by atoms with Crippen molar-refractivity contribution in [2.45, 2.75) is 57.2 Å². The molecule has 0 saturated heterocycles. The van der Waals surface area contributed by atoms with Gasteiger partial charge in [-0.25, -0.2) is 0 Å². The van der Waals surface area contributed by atoms with Crippen LogP contribution < -0.4 is 0 Å². The molecule has 0 heterocycles. The van der Waals surface area contributed by atoms with E-state index in [4.69, 9.17) is 11.6 Å². The Bertz CT molecular complexity index is 116. The van der Waals surface area contributed by atoms with Gasteiger partial charge in [-0.2, -0.15) is 0 Å². The van der Waals surface area contributed by atoms with Crippen molar-refractivity contribution < 1.29 is 0 Å². The molecule has 12 heavy (non-hydrogen) atoms. The lowest BCUT2D eigenvalue weighted by Gasteiger charge is -2.16. The van der Waals surface area contributed by atoms with Crippen LogP contribution in [-0.4, -0.2) is 4.87 Å². The van der Waals surface area contributed by atoms with Crippen LogP contribution in [0.3, 0.4) is 0 Å². The molecular formula is C11H21Cl. The Balaban J connectivity index is 3.25. The summed E-state index contributed by atoms with van der Waals surface area (Å²) in [6, 6.07) is 0. The summed E-state index contributed by atoms with van der Waals surface area (Å²) in [6.45, 7) is 7.98. The van der Waals surface area contributed by atoms with Crippen molar-refractivity contribution >= 4 is 11.6 Å². The van der Waals surface area contributed by atoms with Crippen LogP contribution in [0.5, 0.6) is 0 Å². The van der Waals surface area contributed by atoms with Crippen LogP contribution in [0.25, 0.3) is 0 Å². The van der Waals surface area contributed by atoms with Crippen molar-refractivity contribution in [3.05, 3.63) is 12.7 Å². The Kier molecular flexibility index (Phi) is 6.55. The van der Waals surface area contributed by atoms with Gasteiger partial charge in [0.25, 0.3) is 0 Å². The highest BCUT2D eigenvalue weighted by Gasteiger charge is 2.14. The molecule has 0 fully saturated rings. The molecule has 0 nitrogen and oxygen atoms in total. The highest BCUT2D eigenvalue weighted by molar-refractivity contribution is 6.24. The Morgan fingerprint density at radius 3 is 2.33 bits per heavy atom. The molecule has 1 unspecified atom stereocenters. The number of hydrogen-bond acceptors (Lipinski definition) is 0. The molecule has 0 aromatic carbocycles. The second-order valence-corrected chi connectivity index (χ2v) is 4.51. The van der Waals surface area contributed by atoms with Crippen LogP contribution in [0, 0.1) is 0 Å². The van der Waals surface area contributed by atoms with Crippen molar-refractivity contribution in [1.29, 1.82) is 0 Å². The molecule has 1 heteroatoms. The van der Waals surface area contributed by atoms with E-state index in [0.29, 0.717) is 0 Å². The predicted octanol–water partition coefficient (Wildman–Crippen LogP) is 4.53. The van der Waals surface area contributed by atoms with Crippen LogP contribution in [0.4, 0.5) is 0 Å². The highest BCUT2D eigenvalue weighted by Crippen LogP contribution is 2.23. The van der Waals surface area contributed by atoms with Crippen molar-refractivity contribution in [1.82, 2.24) is 0 Å². The molecule has 0 aliphatic heterocycles. The van der Waals surface area contributed by atoms with Gasteiger partial charge in [-0.15, -0.1) is 18.2 Å². The number of halogens is 1. The third-order valence-electron chi connectivity index (χ3n) is 2.19. The number of alkyl halides is 1. The maximum atomic E-state index is 6.12. The highest BCUT2D eigenvalue weighted by atomic mass is 35.5. The smallest absolute Gasteiger partial charge is 0.0595 e. The maximum absolute atomic E-state index is 6.12. The third kappa shape index (κ3) is 6.72. The Hall–Kier alpha value is 0.0300. The maximum Gasteiger partial charge on any atom is 0.0595 e. The molecule has 0 saturated carbocycles. The van der Waals surface area contributed by atoms with Crippen LogP contribution in [0.1, 0.15) is 52.4 Å². The lowest BCUT2D eigenvalue weighted by Crippen LogP contribution is -2.11. The molecule has 0 aliphatic carbocycles. The summed E-state index contributed by atoms with van der Waals surface area (Å²) in [4.78, 5) is -0.174. The van der Waals surface area contributed by atoms with Crippen molar-refractivity contribution in [3.8, 4) is 0 Å². The summed E-state index contributed by atoms with van der Waals surface area (Å²) >= 11 is 6.12. The van der Waals surface area contributed by atoms with Gasteiger partial charge < -0.3 is 0 Å². The average molecular weight is 189 g/mol. The number of rotatable bonds is 7. The second-order valence-electron chi connectivity index (χ2n) is 3.65. The van der Waals surface area contributed by atoms with Crippen molar-refractivity contribution in [3.63, 3.8) is 0 Å². The minimum absolute atomic E-state index is 0.174. The predicted molar refractivity (Wildman–Crippen MR) is 57.8 cm³/mol. The molecule has 1 atom stereocenters. The van der Waals surface area contributed by atoms with Crippen molar-refractivity contribution in [2.24, 2.45) is 0 Å². The monoisotopic (exact) mass is 188 g/mol. The van der Waals surface area contributed by atoms with Gasteiger partial charge in [0.1, 0.15) is 0 Å². The summed E-state index contributed by atoms with van der Waals surface area (Å²) in [7, 11) is 0. The first-order valence-corrected chi connectivity index (χ1v) is 5.32. The fourth-order valence-corrected chi connectivity index (χ4v) is 1.31. The molecular weight excluding hydrogens is 168 g/mol. The normalized spacial score (nSPS) is 15.6. The van der Waals surface area contributed by atoms with E-state index in [1.165, 1.54) is 32.1 Å². The molecule has 0 aliphatic rings. The lowest BCUT2D eigenvalue weighted by molar-refractivity contribution is 0.569. The quantitative estimate of drug-likeness (QED) is 0.313. The molecule has 0 aromatic heterocycles. The summed E-state index contributed by atoms with van der Waals surface area (Å²) in [5.74, 6) is 0. The van der Waals surface area contributed by atoms with E-state index >= 15 is 0 Å². The van der Waals surface area contributed by atoms with E-state index in [1.807, 2.05) is 13.0 Å². The molecule has 0 rings (SSSR count). The van der Waals surface area contributed by atoms with Gasteiger partial charge in [0.15, 0.2) is 0 Å². The van der Waals surface area contributed by atoms with E-state index in [9.17, 15) is 0 Å². The summed E-state index contributed by atoms with van der Waals surface area (Å²) in [5.41, 5.74) is 0. The lowest BCUT2D eigenvalue weighted by atomic mass is 10.0. The zero-order valence-corrected chi connectivity index (χ0v) is 9.16. The SMILES string of the molecule is C=CC(C)(Cl)CCCCCCC. The van der Waals surface area contributed by atoms with Crippen LogP contribution >= 0.6 is 11.6 Å². The molecule has 72 valence electrons. The largest absolute Gasteiger partial charge is 0.115 e. The molecule has 0 aromatic rings. The Morgan fingerprint density at radius 2 is 1.83 bits per heavy atom. The van der Waals surface area contributed by atoms with E-state index in [-0.39, 0.29) is 4.87 Å². The zero-order chi connectivity index (χ0) is 9.45. The number of allylic oxidation sites excluding steroid dienone is 1. The summed E-state index contributed by atoms with van der Waals surface area (Å²) in [6.07, 6.45) is 9.44. The van der Waals surface area contributed by atoms with Gasteiger partial charge >= 0.3 is 0 Å². The molecule has 0 N–H and O–H groups in total. The molecule has 0 amide bonds. The number of hydrogen-bond donors (Lipinski definition) is 0. The standard InChI is InChI=1S/C11H21Cl/c1-4-6-7-8-9-10-11(3,12)5-2/h5H,2,4,6-10H2,1,3H3. The molecule has 0 bridgehead atoms.